The van der Waals surface area contributed by atoms with Crippen LogP contribution in [0, 0.1) is 0 Å². The van der Waals surface area contributed by atoms with Crippen molar-refractivity contribution in [3.05, 3.63) is 65.7 Å². The van der Waals surface area contributed by atoms with Gasteiger partial charge in [-0.1, -0.05) is 42.5 Å². The van der Waals surface area contributed by atoms with E-state index in [0.29, 0.717) is 16.8 Å². The Bertz CT molecular complexity index is 523. The van der Waals surface area contributed by atoms with Crippen molar-refractivity contribution in [2.75, 3.05) is 5.73 Å². The van der Waals surface area contributed by atoms with Gasteiger partial charge in [-0.3, -0.25) is 4.79 Å². The molecule has 1 atom stereocenters. The third kappa shape index (κ3) is 2.34. The summed E-state index contributed by atoms with van der Waals surface area (Å²) in [5, 5.41) is 9.96. The van der Waals surface area contributed by atoms with Crippen LogP contribution < -0.4 is 5.73 Å². The monoisotopic (exact) mass is 227 g/mol. The van der Waals surface area contributed by atoms with Gasteiger partial charge in [-0.05, 0) is 17.7 Å². The van der Waals surface area contributed by atoms with E-state index in [2.05, 4.69) is 0 Å². The Hall–Kier alpha value is -2.13. The van der Waals surface area contributed by atoms with Crippen molar-refractivity contribution in [1.82, 2.24) is 0 Å². The van der Waals surface area contributed by atoms with Gasteiger partial charge in [0.05, 0.1) is 0 Å². The van der Waals surface area contributed by atoms with E-state index in [9.17, 15) is 9.90 Å². The van der Waals surface area contributed by atoms with Crippen molar-refractivity contribution in [2.24, 2.45) is 0 Å². The molecule has 1 unspecified atom stereocenters. The molecule has 0 fully saturated rings. The lowest BCUT2D eigenvalue weighted by Gasteiger charge is -2.11. The Morgan fingerprint density at radius 2 is 1.59 bits per heavy atom. The van der Waals surface area contributed by atoms with E-state index in [-0.39, 0.29) is 5.78 Å². The Labute approximate surface area is 99.5 Å². The molecule has 0 aromatic heterocycles. The summed E-state index contributed by atoms with van der Waals surface area (Å²) >= 11 is 0. The molecule has 0 radical (unpaired) electrons. The highest BCUT2D eigenvalue weighted by Gasteiger charge is 2.20. The molecule has 86 valence electrons. The van der Waals surface area contributed by atoms with Gasteiger partial charge in [0.25, 0.3) is 0 Å². The average molecular weight is 227 g/mol. The summed E-state index contributed by atoms with van der Waals surface area (Å²) in [6.07, 6.45) is -1.17. The zero-order valence-electron chi connectivity index (χ0n) is 9.21. The second kappa shape index (κ2) is 4.80. The van der Waals surface area contributed by atoms with Crippen LogP contribution in [-0.4, -0.2) is 10.9 Å². The minimum Gasteiger partial charge on any atom is -0.398 e. The molecule has 0 bridgehead atoms. The molecule has 0 aliphatic carbocycles. The van der Waals surface area contributed by atoms with Gasteiger partial charge < -0.3 is 10.8 Å². The molecule has 3 N–H and O–H groups in total. The normalized spacial score (nSPS) is 12.1. The van der Waals surface area contributed by atoms with E-state index >= 15 is 0 Å². The van der Waals surface area contributed by atoms with Gasteiger partial charge in [0.1, 0.15) is 6.10 Å². The highest BCUT2D eigenvalue weighted by atomic mass is 16.3. The summed E-state index contributed by atoms with van der Waals surface area (Å²) in [7, 11) is 0. The molecule has 17 heavy (non-hydrogen) atoms. The van der Waals surface area contributed by atoms with Crippen molar-refractivity contribution >= 4 is 11.5 Å². The van der Waals surface area contributed by atoms with Crippen LogP contribution >= 0.6 is 0 Å². The first-order valence-electron chi connectivity index (χ1n) is 5.32. The van der Waals surface area contributed by atoms with Crippen molar-refractivity contribution in [3.63, 3.8) is 0 Å². The molecule has 0 aliphatic rings. The summed E-state index contributed by atoms with van der Waals surface area (Å²) in [4.78, 5) is 12.0. The number of aliphatic hydroxyl groups is 1. The van der Waals surface area contributed by atoms with E-state index in [1.54, 1.807) is 48.5 Å². The van der Waals surface area contributed by atoms with Gasteiger partial charge >= 0.3 is 0 Å². The average Bonchev–Trinajstić information content (AvgIpc) is 2.39. The Balaban J connectivity index is 2.30. The maximum atomic E-state index is 12.0. The van der Waals surface area contributed by atoms with Crippen LogP contribution in [0.25, 0.3) is 0 Å². The number of ketones is 1. The zero-order chi connectivity index (χ0) is 12.3. The predicted octanol–water partition coefficient (Wildman–Crippen LogP) is 2.19. The van der Waals surface area contributed by atoms with Crippen molar-refractivity contribution in [3.8, 4) is 0 Å². The SMILES string of the molecule is Nc1ccccc1C(=O)C(O)c1ccccc1. The fourth-order valence-electron chi connectivity index (χ4n) is 1.66. The van der Waals surface area contributed by atoms with Gasteiger partial charge in [-0.2, -0.15) is 0 Å². The number of anilines is 1. The molecule has 0 saturated carbocycles. The van der Waals surface area contributed by atoms with Gasteiger partial charge in [0, 0.05) is 11.3 Å². The first kappa shape index (κ1) is 11.4. The summed E-state index contributed by atoms with van der Waals surface area (Å²) in [6, 6.07) is 15.5. The van der Waals surface area contributed by atoms with Gasteiger partial charge in [0.2, 0.25) is 0 Å². The van der Waals surface area contributed by atoms with Gasteiger partial charge in [-0.15, -0.1) is 0 Å². The number of carbonyl (C=O) groups excluding carboxylic acids is 1. The molecule has 0 amide bonds. The molecule has 2 aromatic carbocycles. The van der Waals surface area contributed by atoms with E-state index < -0.39 is 6.10 Å². The zero-order valence-corrected chi connectivity index (χ0v) is 9.21. The lowest BCUT2D eigenvalue weighted by Crippen LogP contribution is -2.13. The molecule has 0 aliphatic heterocycles. The first-order chi connectivity index (χ1) is 8.20. The second-order valence-corrected chi connectivity index (χ2v) is 3.76. The first-order valence-corrected chi connectivity index (χ1v) is 5.32. The van der Waals surface area contributed by atoms with E-state index in [4.69, 9.17) is 5.73 Å². The Kier molecular flexibility index (Phi) is 3.21. The minimum atomic E-state index is -1.17. The predicted molar refractivity (Wildman–Crippen MR) is 66.6 cm³/mol. The van der Waals surface area contributed by atoms with Crippen molar-refractivity contribution in [1.29, 1.82) is 0 Å². The third-order valence-electron chi connectivity index (χ3n) is 2.59. The number of benzene rings is 2. The fraction of sp³-hybridized carbons (Fsp3) is 0.0714. The summed E-state index contributed by atoms with van der Waals surface area (Å²) < 4.78 is 0. The number of rotatable bonds is 3. The van der Waals surface area contributed by atoms with Crippen molar-refractivity contribution < 1.29 is 9.90 Å². The molecule has 2 rings (SSSR count). The smallest absolute Gasteiger partial charge is 0.197 e. The summed E-state index contributed by atoms with van der Waals surface area (Å²) in [5.41, 5.74) is 7.01. The number of carbonyl (C=O) groups is 1. The van der Waals surface area contributed by atoms with Crippen LogP contribution in [0.4, 0.5) is 5.69 Å². The topological polar surface area (TPSA) is 63.3 Å². The van der Waals surface area contributed by atoms with Crippen LogP contribution in [0.3, 0.4) is 0 Å². The molecular weight excluding hydrogens is 214 g/mol. The van der Waals surface area contributed by atoms with E-state index in [1.165, 1.54) is 0 Å². The molecular formula is C14H13NO2. The van der Waals surface area contributed by atoms with Crippen LogP contribution in [0.5, 0.6) is 0 Å². The van der Waals surface area contributed by atoms with E-state index in [0.717, 1.165) is 0 Å². The number of Topliss-reactive ketones (excluding diaryl/α,β-unsaturated/α-hetero) is 1. The van der Waals surface area contributed by atoms with Crippen molar-refractivity contribution in [2.45, 2.75) is 6.10 Å². The molecule has 3 heteroatoms. The van der Waals surface area contributed by atoms with Crippen LogP contribution in [0.1, 0.15) is 22.0 Å². The quantitative estimate of drug-likeness (QED) is 0.624. The van der Waals surface area contributed by atoms with Crippen LogP contribution in [-0.2, 0) is 0 Å². The highest BCUT2D eigenvalue weighted by Crippen LogP contribution is 2.21. The number of nitrogen functional groups attached to an aromatic ring is 1. The number of aliphatic hydroxyl groups excluding tert-OH is 1. The number of para-hydroxylation sites is 1. The van der Waals surface area contributed by atoms with Gasteiger partial charge in [0.15, 0.2) is 5.78 Å². The summed E-state index contributed by atoms with van der Waals surface area (Å²) in [5.74, 6) is -0.380. The van der Waals surface area contributed by atoms with Gasteiger partial charge in [-0.25, -0.2) is 0 Å². The standard InChI is InChI=1S/C14H13NO2/c15-12-9-5-4-8-11(12)14(17)13(16)10-6-2-1-3-7-10/h1-9,13,16H,15H2. The maximum absolute atomic E-state index is 12.0. The largest absolute Gasteiger partial charge is 0.398 e. The molecule has 0 heterocycles. The summed E-state index contributed by atoms with van der Waals surface area (Å²) in [6.45, 7) is 0. The van der Waals surface area contributed by atoms with E-state index in [1.807, 2.05) is 6.07 Å². The van der Waals surface area contributed by atoms with Crippen LogP contribution in [0.15, 0.2) is 54.6 Å². The fourth-order valence-corrected chi connectivity index (χ4v) is 1.66. The van der Waals surface area contributed by atoms with Crippen LogP contribution in [0.2, 0.25) is 0 Å². The Morgan fingerprint density at radius 3 is 2.24 bits per heavy atom. The lowest BCUT2D eigenvalue weighted by atomic mass is 9.99. The maximum Gasteiger partial charge on any atom is 0.197 e. The molecule has 0 spiro atoms. The highest BCUT2D eigenvalue weighted by molar-refractivity contribution is 6.03. The third-order valence-corrected chi connectivity index (χ3v) is 2.59. The molecule has 0 saturated heterocycles. The lowest BCUT2D eigenvalue weighted by molar-refractivity contribution is 0.0748. The molecule has 2 aromatic rings. The minimum absolute atomic E-state index is 0.351. The number of hydrogen-bond donors (Lipinski definition) is 2. The number of nitrogens with two attached hydrogens (primary N) is 1. The molecule has 3 nitrogen and oxygen atoms in total. The Morgan fingerprint density at radius 1 is 1.00 bits per heavy atom. The second-order valence-electron chi connectivity index (χ2n) is 3.76. The number of hydrogen-bond acceptors (Lipinski definition) is 3.